The second-order valence-electron chi connectivity index (χ2n) is 4.35. The summed E-state index contributed by atoms with van der Waals surface area (Å²) in [5, 5.41) is 0.960. The molecule has 0 aliphatic carbocycles. The van der Waals surface area contributed by atoms with E-state index in [2.05, 4.69) is 11.1 Å². The highest BCUT2D eigenvalue weighted by molar-refractivity contribution is 7.18. The van der Waals surface area contributed by atoms with E-state index >= 15 is 0 Å². The lowest BCUT2D eigenvalue weighted by Gasteiger charge is -2.08. The zero-order chi connectivity index (χ0) is 13.2. The molecule has 3 rings (SSSR count). The van der Waals surface area contributed by atoms with Crippen LogP contribution in [0.3, 0.4) is 0 Å². The molecule has 96 valence electrons. The second-order valence-corrected chi connectivity index (χ2v) is 5.47. The van der Waals surface area contributed by atoms with Crippen LogP contribution in [0.5, 0.6) is 5.75 Å². The highest BCUT2D eigenvalue weighted by Gasteiger charge is 2.06. The van der Waals surface area contributed by atoms with Gasteiger partial charge in [0.15, 0.2) is 0 Å². The Morgan fingerprint density at radius 1 is 1.16 bits per heavy atom. The van der Waals surface area contributed by atoms with Crippen LogP contribution in [-0.2, 0) is 6.61 Å². The Hall–Kier alpha value is -2.07. The van der Waals surface area contributed by atoms with Crippen molar-refractivity contribution < 1.29 is 4.74 Å². The molecule has 3 aromatic rings. The van der Waals surface area contributed by atoms with Gasteiger partial charge in [0.05, 0.1) is 15.9 Å². The van der Waals surface area contributed by atoms with Gasteiger partial charge in [-0.15, -0.1) is 11.3 Å². The number of benzene rings is 2. The third-order valence-corrected chi connectivity index (χ3v) is 3.98. The number of aryl methyl sites for hydroxylation is 1. The maximum absolute atomic E-state index is 5.98. The quantitative estimate of drug-likeness (QED) is 0.737. The lowest BCUT2D eigenvalue weighted by molar-refractivity contribution is 0.307. The Kier molecular flexibility index (Phi) is 3.09. The molecule has 0 atom stereocenters. The molecule has 0 fully saturated rings. The molecule has 1 aromatic heterocycles. The number of aromatic nitrogens is 1. The van der Waals surface area contributed by atoms with E-state index in [0.717, 1.165) is 21.8 Å². The van der Waals surface area contributed by atoms with Gasteiger partial charge in [-0.25, -0.2) is 4.98 Å². The largest absolute Gasteiger partial charge is 0.484 e. The van der Waals surface area contributed by atoms with Gasteiger partial charge in [0.25, 0.3) is 0 Å². The number of nitrogen functional groups attached to an aromatic ring is 1. The van der Waals surface area contributed by atoms with E-state index in [-0.39, 0.29) is 0 Å². The van der Waals surface area contributed by atoms with Crippen LogP contribution in [0.25, 0.3) is 10.2 Å². The van der Waals surface area contributed by atoms with Crippen LogP contribution >= 0.6 is 11.3 Å². The summed E-state index contributed by atoms with van der Waals surface area (Å²) in [6, 6.07) is 13.9. The van der Waals surface area contributed by atoms with Crippen LogP contribution < -0.4 is 10.5 Å². The second kappa shape index (κ2) is 4.90. The topological polar surface area (TPSA) is 48.1 Å². The average Bonchev–Trinajstić information content (AvgIpc) is 2.83. The fourth-order valence-corrected chi connectivity index (χ4v) is 2.78. The molecule has 2 N–H and O–H groups in total. The molecule has 0 aliphatic rings. The van der Waals surface area contributed by atoms with Gasteiger partial charge in [-0.1, -0.05) is 24.3 Å². The van der Waals surface area contributed by atoms with Crippen molar-refractivity contribution in [1.29, 1.82) is 0 Å². The summed E-state index contributed by atoms with van der Waals surface area (Å²) in [5.41, 5.74) is 8.72. The van der Waals surface area contributed by atoms with Crippen molar-refractivity contribution in [3.8, 4) is 5.75 Å². The van der Waals surface area contributed by atoms with E-state index in [1.165, 1.54) is 4.70 Å². The molecule has 0 spiro atoms. The number of nitrogens with two attached hydrogens (primary N) is 1. The van der Waals surface area contributed by atoms with Gasteiger partial charge in [-0.05, 0) is 30.7 Å². The van der Waals surface area contributed by atoms with Gasteiger partial charge in [-0.2, -0.15) is 0 Å². The SMILES string of the molecule is Cc1cccc(OCc2nc3ccccc3s2)c1N. The summed E-state index contributed by atoms with van der Waals surface area (Å²) in [6.07, 6.45) is 0. The van der Waals surface area contributed by atoms with E-state index in [9.17, 15) is 0 Å². The minimum atomic E-state index is 0.451. The van der Waals surface area contributed by atoms with Crippen molar-refractivity contribution in [2.75, 3.05) is 5.73 Å². The molecule has 0 saturated carbocycles. The van der Waals surface area contributed by atoms with Crippen molar-refractivity contribution in [3.05, 3.63) is 53.0 Å². The van der Waals surface area contributed by atoms with E-state index in [1.807, 2.05) is 43.3 Å². The number of hydrogen-bond acceptors (Lipinski definition) is 4. The predicted molar refractivity (Wildman–Crippen MR) is 79.5 cm³/mol. The summed E-state index contributed by atoms with van der Waals surface area (Å²) >= 11 is 1.65. The third kappa shape index (κ3) is 2.39. The van der Waals surface area contributed by atoms with Crippen LogP contribution in [0.2, 0.25) is 0 Å². The van der Waals surface area contributed by atoms with Crippen molar-refractivity contribution in [1.82, 2.24) is 4.98 Å². The summed E-state index contributed by atoms with van der Waals surface area (Å²) in [4.78, 5) is 4.53. The number of rotatable bonds is 3. The first-order valence-corrected chi connectivity index (χ1v) is 6.88. The lowest BCUT2D eigenvalue weighted by Crippen LogP contribution is -1.99. The molecule has 0 saturated heterocycles. The van der Waals surface area contributed by atoms with Gasteiger partial charge in [0.2, 0.25) is 0 Å². The number of para-hydroxylation sites is 2. The van der Waals surface area contributed by atoms with E-state index in [1.54, 1.807) is 11.3 Å². The summed E-state index contributed by atoms with van der Waals surface area (Å²) < 4.78 is 6.94. The molecule has 19 heavy (non-hydrogen) atoms. The van der Waals surface area contributed by atoms with E-state index in [4.69, 9.17) is 10.5 Å². The van der Waals surface area contributed by atoms with Gasteiger partial charge in [0, 0.05) is 0 Å². The summed E-state index contributed by atoms with van der Waals surface area (Å²) in [7, 11) is 0. The molecule has 0 aliphatic heterocycles. The Labute approximate surface area is 115 Å². The number of ether oxygens (including phenoxy) is 1. The molecule has 4 heteroatoms. The van der Waals surface area contributed by atoms with Crippen molar-refractivity contribution in [2.24, 2.45) is 0 Å². The molecule has 0 radical (unpaired) electrons. The number of nitrogens with zero attached hydrogens (tertiary/aromatic N) is 1. The Balaban J connectivity index is 1.80. The zero-order valence-corrected chi connectivity index (χ0v) is 11.4. The van der Waals surface area contributed by atoms with Crippen LogP contribution in [0.1, 0.15) is 10.6 Å². The number of anilines is 1. The number of thiazole rings is 1. The summed E-state index contributed by atoms with van der Waals surface area (Å²) in [5.74, 6) is 0.722. The number of fused-ring (bicyclic) bond motifs is 1. The van der Waals surface area contributed by atoms with Crippen molar-refractivity contribution >= 4 is 27.2 Å². The van der Waals surface area contributed by atoms with Crippen molar-refractivity contribution in [3.63, 3.8) is 0 Å². The monoisotopic (exact) mass is 270 g/mol. The Morgan fingerprint density at radius 3 is 2.84 bits per heavy atom. The van der Waals surface area contributed by atoms with Crippen LogP contribution in [0, 0.1) is 6.92 Å². The first-order chi connectivity index (χ1) is 9.24. The smallest absolute Gasteiger partial charge is 0.143 e. The first-order valence-electron chi connectivity index (χ1n) is 6.06. The van der Waals surface area contributed by atoms with Crippen LogP contribution in [0.15, 0.2) is 42.5 Å². The predicted octanol–water partition coefficient (Wildman–Crippen LogP) is 3.77. The Morgan fingerprint density at radius 2 is 2.00 bits per heavy atom. The fourth-order valence-electron chi connectivity index (χ4n) is 1.90. The summed E-state index contributed by atoms with van der Waals surface area (Å²) in [6.45, 7) is 2.42. The van der Waals surface area contributed by atoms with Gasteiger partial charge < -0.3 is 10.5 Å². The van der Waals surface area contributed by atoms with Gasteiger partial charge in [0.1, 0.15) is 17.4 Å². The molecule has 1 heterocycles. The highest BCUT2D eigenvalue weighted by Crippen LogP contribution is 2.27. The lowest BCUT2D eigenvalue weighted by atomic mass is 10.2. The molecule has 0 unspecified atom stereocenters. The average molecular weight is 270 g/mol. The van der Waals surface area contributed by atoms with E-state index in [0.29, 0.717) is 12.3 Å². The maximum Gasteiger partial charge on any atom is 0.143 e. The standard InChI is InChI=1S/C15H14N2OS/c1-10-5-4-7-12(15(10)16)18-9-14-17-11-6-2-3-8-13(11)19-14/h2-8H,9,16H2,1H3. The molecular weight excluding hydrogens is 256 g/mol. The minimum absolute atomic E-state index is 0.451. The third-order valence-electron chi connectivity index (χ3n) is 2.97. The highest BCUT2D eigenvalue weighted by atomic mass is 32.1. The first kappa shape index (κ1) is 12.0. The molecule has 0 amide bonds. The fraction of sp³-hybridized carbons (Fsp3) is 0.133. The van der Waals surface area contributed by atoms with Gasteiger partial charge >= 0.3 is 0 Å². The molecule has 2 aromatic carbocycles. The van der Waals surface area contributed by atoms with Crippen LogP contribution in [0.4, 0.5) is 5.69 Å². The van der Waals surface area contributed by atoms with Gasteiger partial charge in [-0.3, -0.25) is 0 Å². The molecule has 3 nitrogen and oxygen atoms in total. The number of hydrogen-bond donors (Lipinski definition) is 1. The maximum atomic E-state index is 5.98. The van der Waals surface area contributed by atoms with Crippen LogP contribution in [-0.4, -0.2) is 4.98 Å². The Bertz CT molecular complexity index is 688. The van der Waals surface area contributed by atoms with E-state index < -0.39 is 0 Å². The molecule has 0 bridgehead atoms. The van der Waals surface area contributed by atoms with Crippen molar-refractivity contribution in [2.45, 2.75) is 13.5 Å². The minimum Gasteiger partial charge on any atom is -0.484 e. The molecular formula is C15H14N2OS. The normalized spacial score (nSPS) is 10.8. The zero-order valence-electron chi connectivity index (χ0n) is 10.6.